The number of carbonyl (C=O) groups is 1. The number of rotatable bonds is 3. The second-order valence-corrected chi connectivity index (χ2v) is 5.19. The zero-order valence-corrected chi connectivity index (χ0v) is 11.7. The second kappa shape index (κ2) is 5.93. The van der Waals surface area contributed by atoms with E-state index in [2.05, 4.69) is 22.5 Å². The summed E-state index contributed by atoms with van der Waals surface area (Å²) < 4.78 is 0. The SMILES string of the molecule is NNc1ncccc1C(=O)N1CCC(c2ccccc2)C1. The maximum Gasteiger partial charge on any atom is 0.257 e. The van der Waals surface area contributed by atoms with Crippen LogP contribution in [0.4, 0.5) is 5.82 Å². The number of aromatic nitrogens is 1. The summed E-state index contributed by atoms with van der Waals surface area (Å²) in [6.07, 6.45) is 2.60. The van der Waals surface area contributed by atoms with Gasteiger partial charge in [0.1, 0.15) is 0 Å². The van der Waals surface area contributed by atoms with Crippen LogP contribution in [-0.4, -0.2) is 28.9 Å². The van der Waals surface area contributed by atoms with Crippen LogP contribution in [0.25, 0.3) is 0 Å². The quantitative estimate of drug-likeness (QED) is 0.667. The number of likely N-dealkylation sites (tertiary alicyclic amines) is 1. The number of nitrogens with one attached hydrogen (secondary N) is 1. The van der Waals surface area contributed by atoms with Crippen LogP contribution in [0.1, 0.15) is 28.3 Å². The molecule has 21 heavy (non-hydrogen) atoms. The lowest BCUT2D eigenvalue weighted by Gasteiger charge is -2.18. The molecule has 1 saturated heterocycles. The van der Waals surface area contributed by atoms with Crippen LogP contribution in [0.3, 0.4) is 0 Å². The maximum atomic E-state index is 12.6. The number of nitrogens with zero attached hydrogens (tertiary/aromatic N) is 2. The first-order valence-corrected chi connectivity index (χ1v) is 7.05. The summed E-state index contributed by atoms with van der Waals surface area (Å²) in [6, 6.07) is 13.8. The van der Waals surface area contributed by atoms with Crippen molar-refractivity contribution >= 4 is 11.7 Å². The van der Waals surface area contributed by atoms with Gasteiger partial charge in [-0.1, -0.05) is 30.3 Å². The topological polar surface area (TPSA) is 71.2 Å². The average molecular weight is 282 g/mol. The van der Waals surface area contributed by atoms with E-state index in [0.29, 0.717) is 17.3 Å². The number of benzene rings is 1. The van der Waals surface area contributed by atoms with Crippen LogP contribution in [0.5, 0.6) is 0 Å². The van der Waals surface area contributed by atoms with Crippen LogP contribution >= 0.6 is 0 Å². The number of pyridine rings is 1. The molecule has 5 heteroatoms. The van der Waals surface area contributed by atoms with Crippen molar-refractivity contribution < 1.29 is 4.79 Å². The largest absolute Gasteiger partial charge is 0.338 e. The molecule has 0 aliphatic carbocycles. The molecule has 3 N–H and O–H groups in total. The van der Waals surface area contributed by atoms with E-state index in [9.17, 15) is 4.79 Å². The molecular formula is C16H18N4O. The normalized spacial score (nSPS) is 17.8. The fourth-order valence-corrected chi connectivity index (χ4v) is 2.81. The Labute approximate surface area is 123 Å². The molecule has 0 bridgehead atoms. The van der Waals surface area contributed by atoms with E-state index in [4.69, 9.17) is 5.84 Å². The smallest absolute Gasteiger partial charge is 0.257 e. The Morgan fingerprint density at radius 1 is 1.24 bits per heavy atom. The Morgan fingerprint density at radius 2 is 2.05 bits per heavy atom. The molecule has 108 valence electrons. The van der Waals surface area contributed by atoms with Crippen LogP contribution in [0.15, 0.2) is 48.7 Å². The summed E-state index contributed by atoms with van der Waals surface area (Å²) >= 11 is 0. The molecule has 0 saturated carbocycles. The lowest BCUT2D eigenvalue weighted by Crippen LogP contribution is -2.29. The van der Waals surface area contributed by atoms with Gasteiger partial charge < -0.3 is 10.3 Å². The van der Waals surface area contributed by atoms with Gasteiger partial charge in [0.05, 0.1) is 5.56 Å². The van der Waals surface area contributed by atoms with Gasteiger partial charge in [-0.3, -0.25) is 4.79 Å². The van der Waals surface area contributed by atoms with Crippen LogP contribution < -0.4 is 11.3 Å². The lowest BCUT2D eigenvalue weighted by atomic mass is 9.99. The highest BCUT2D eigenvalue weighted by atomic mass is 16.2. The fraction of sp³-hybridized carbons (Fsp3) is 0.250. The van der Waals surface area contributed by atoms with E-state index < -0.39 is 0 Å². The fourth-order valence-electron chi connectivity index (χ4n) is 2.81. The maximum absolute atomic E-state index is 12.6. The van der Waals surface area contributed by atoms with Gasteiger partial charge in [0.2, 0.25) is 0 Å². The van der Waals surface area contributed by atoms with Crippen LogP contribution in [0, 0.1) is 0 Å². The first-order chi connectivity index (χ1) is 10.3. The molecule has 0 radical (unpaired) electrons. The third kappa shape index (κ3) is 2.73. The third-order valence-corrected chi connectivity index (χ3v) is 3.92. The summed E-state index contributed by atoms with van der Waals surface area (Å²) in [5.74, 6) is 6.23. The number of hydrogen-bond donors (Lipinski definition) is 2. The van der Waals surface area contributed by atoms with Crippen LogP contribution in [0.2, 0.25) is 0 Å². The van der Waals surface area contributed by atoms with Gasteiger partial charge in [0, 0.05) is 25.2 Å². The summed E-state index contributed by atoms with van der Waals surface area (Å²) in [7, 11) is 0. The number of hydrogen-bond acceptors (Lipinski definition) is 4. The van der Waals surface area contributed by atoms with Crippen molar-refractivity contribution in [2.24, 2.45) is 5.84 Å². The van der Waals surface area contributed by atoms with Gasteiger partial charge in [0.25, 0.3) is 5.91 Å². The molecule has 0 spiro atoms. The van der Waals surface area contributed by atoms with Gasteiger partial charge >= 0.3 is 0 Å². The van der Waals surface area contributed by atoms with Crippen molar-refractivity contribution in [2.75, 3.05) is 18.5 Å². The molecule has 5 nitrogen and oxygen atoms in total. The molecule has 2 heterocycles. The Bertz CT molecular complexity index is 629. The van der Waals surface area contributed by atoms with Crippen molar-refractivity contribution in [3.8, 4) is 0 Å². The molecule has 1 amide bonds. The number of anilines is 1. The van der Waals surface area contributed by atoms with Crippen molar-refractivity contribution in [3.05, 3.63) is 59.8 Å². The van der Waals surface area contributed by atoms with Gasteiger partial charge in [-0.2, -0.15) is 0 Å². The third-order valence-electron chi connectivity index (χ3n) is 3.92. The Morgan fingerprint density at radius 3 is 2.81 bits per heavy atom. The molecule has 1 aliphatic rings. The number of hydrazine groups is 1. The Balaban J connectivity index is 1.75. The number of nitrogen functional groups attached to an aromatic ring is 1. The molecule has 1 aromatic heterocycles. The van der Waals surface area contributed by atoms with E-state index in [1.54, 1.807) is 18.3 Å². The summed E-state index contributed by atoms with van der Waals surface area (Å²) in [4.78, 5) is 18.5. The molecule has 1 aliphatic heterocycles. The van der Waals surface area contributed by atoms with Crippen LogP contribution in [-0.2, 0) is 0 Å². The summed E-state index contributed by atoms with van der Waals surface area (Å²) in [6.45, 7) is 1.50. The van der Waals surface area contributed by atoms with Crippen molar-refractivity contribution in [2.45, 2.75) is 12.3 Å². The highest BCUT2D eigenvalue weighted by molar-refractivity contribution is 5.98. The first kappa shape index (κ1) is 13.6. The standard InChI is InChI=1S/C16H18N4O/c17-19-15-14(7-4-9-18-15)16(21)20-10-8-13(11-20)12-5-2-1-3-6-12/h1-7,9,13H,8,10-11,17H2,(H,18,19). The van der Waals surface area contributed by atoms with E-state index in [0.717, 1.165) is 19.5 Å². The van der Waals surface area contributed by atoms with Crippen molar-refractivity contribution in [1.82, 2.24) is 9.88 Å². The van der Waals surface area contributed by atoms with Gasteiger partial charge in [-0.05, 0) is 24.1 Å². The van der Waals surface area contributed by atoms with E-state index in [1.165, 1.54) is 5.56 Å². The number of carbonyl (C=O) groups excluding carboxylic acids is 1. The number of nitrogens with two attached hydrogens (primary N) is 1. The zero-order valence-electron chi connectivity index (χ0n) is 11.7. The average Bonchev–Trinajstić information content (AvgIpc) is 3.05. The molecule has 1 fully saturated rings. The summed E-state index contributed by atoms with van der Waals surface area (Å²) in [5.41, 5.74) is 4.29. The van der Waals surface area contributed by atoms with Gasteiger partial charge in [-0.25, -0.2) is 10.8 Å². The minimum atomic E-state index is -0.0190. The van der Waals surface area contributed by atoms with Crippen molar-refractivity contribution in [3.63, 3.8) is 0 Å². The molecular weight excluding hydrogens is 264 g/mol. The second-order valence-electron chi connectivity index (χ2n) is 5.19. The predicted molar refractivity (Wildman–Crippen MR) is 81.8 cm³/mol. The summed E-state index contributed by atoms with van der Waals surface area (Å²) in [5, 5.41) is 0. The predicted octanol–water partition coefficient (Wildman–Crippen LogP) is 2.00. The highest BCUT2D eigenvalue weighted by Gasteiger charge is 2.29. The minimum Gasteiger partial charge on any atom is -0.338 e. The first-order valence-electron chi connectivity index (χ1n) is 7.05. The van der Waals surface area contributed by atoms with Gasteiger partial charge in [-0.15, -0.1) is 0 Å². The van der Waals surface area contributed by atoms with E-state index in [-0.39, 0.29) is 5.91 Å². The Hall–Kier alpha value is -2.40. The van der Waals surface area contributed by atoms with E-state index in [1.807, 2.05) is 23.1 Å². The molecule has 1 aromatic carbocycles. The lowest BCUT2D eigenvalue weighted by molar-refractivity contribution is 0.0791. The van der Waals surface area contributed by atoms with E-state index >= 15 is 0 Å². The molecule has 3 rings (SSSR count). The monoisotopic (exact) mass is 282 g/mol. The molecule has 1 unspecified atom stereocenters. The molecule has 2 aromatic rings. The van der Waals surface area contributed by atoms with Gasteiger partial charge in [0.15, 0.2) is 5.82 Å². The zero-order chi connectivity index (χ0) is 14.7. The number of amides is 1. The van der Waals surface area contributed by atoms with Crippen molar-refractivity contribution in [1.29, 1.82) is 0 Å². The Kier molecular flexibility index (Phi) is 3.83. The highest BCUT2D eigenvalue weighted by Crippen LogP contribution is 2.28. The molecule has 1 atom stereocenters. The minimum absolute atomic E-state index is 0.0190.